The summed E-state index contributed by atoms with van der Waals surface area (Å²) < 4.78 is 7.38. The number of para-hydroxylation sites is 1. The van der Waals surface area contributed by atoms with Gasteiger partial charge in [-0.05, 0) is 55.5 Å². The van der Waals surface area contributed by atoms with Crippen LogP contribution in [0, 0.1) is 12.8 Å². The van der Waals surface area contributed by atoms with E-state index in [1.54, 1.807) is 46.0 Å². The molecule has 1 atom stereocenters. The number of nitrogens with zero attached hydrogens (tertiary/aromatic N) is 5. The van der Waals surface area contributed by atoms with E-state index >= 15 is 0 Å². The second-order valence-electron chi connectivity index (χ2n) is 7.99. The molecule has 2 aromatic carbocycles. The predicted molar refractivity (Wildman–Crippen MR) is 126 cm³/mol. The van der Waals surface area contributed by atoms with Gasteiger partial charge in [-0.2, -0.15) is 5.10 Å². The van der Waals surface area contributed by atoms with Crippen LogP contribution in [-0.2, 0) is 9.59 Å². The van der Waals surface area contributed by atoms with Gasteiger partial charge < -0.3 is 15.0 Å². The van der Waals surface area contributed by atoms with Crippen molar-refractivity contribution in [2.24, 2.45) is 5.92 Å². The Balaban J connectivity index is 1.18. The lowest BCUT2D eigenvalue weighted by Gasteiger charge is -2.16. The van der Waals surface area contributed by atoms with Gasteiger partial charge in [-0.1, -0.05) is 18.2 Å². The fourth-order valence-electron chi connectivity index (χ4n) is 3.74. The van der Waals surface area contributed by atoms with E-state index in [0.717, 1.165) is 11.4 Å². The van der Waals surface area contributed by atoms with E-state index in [1.807, 2.05) is 49.5 Å². The minimum Gasteiger partial charge on any atom is -0.438 e. The third kappa shape index (κ3) is 4.63. The third-order valence-corrected chi connectivity index (χ3v) is 5.49. The zero-order valence-electron chi connectivity index (χ0n) is 18.5. The van der Waals surface area contributed by atoms with Gasteiger partial charge in [0.2, 0.25) is 17.7 Å². The molecular formula is C25H22N6O3. The quantitative estimate of drug-likeness (QED) is 0.476. The SMILES string of the molecule is Cc1ccn(-c2ccc(Oc3ccc(NC(=O)C4CC(=O)N(c5ccccc5)C4)cc3)nn2)n1. The van der Waals surface area contributed by atoms with E-state index in [-0.39, 0.29) is 18.2 Å². The molecule has 9 nitrogen and oxygen atoms in total. The molecule has 0 spiro atoms. The van der Waals surface area contributed by atoms with Gasteiger partial charge in [-0.3, -0.25) is 9.59 Å². The zero-order chi connectivity index (χ0) is 23.5. The maximum atomic E-state index is 12.7. The van der Waals surface area contributed by atoms with E-state index in [0.29, 0.717) is 29.7 Å². The summed E-state index contributed by atoms with van der Waals surface area (Å²) >= 11 is 0. The molecule has 1 N–H and O–H groups in total. The molecule has 1 fully saturated rings. The molecule has 0 saturated carbocycles. The van der Waals surface area contributed by atoms with Crippen LogP contribution in [0.1, 0.15) is 12.1 Å². The number of carbonyl (C=O) groups is 2. The summed E-state index contributed by atoms with van der Waals surface area (Å²) in [7, 11) is 0. The summed E-state index contributed by atoms with van der Waals surface area (Å²) in [5.74, 6) is 0.850. The number of carbonyl (C=O) groups excluding carboxylic acids is 2. The number of hydrogen-bond acceptors (Lipinski definition) is 6. The average Bonchev–Trinajstić information content (AvgIpc) is 3.47. The van der Waals surface area contributed by atoms with E-state index in [1.165, 1.54) is 0 Å². The summed E-state index contributed by atoms with van der Waals surface area (Å²) in [6.45, 7) is 2.27. The highest BCUT2D eigenvalue weighted by molar-refractivity contribution is 6.03. The summed E-state index contributed by atoms with van der Waals surface area (Å²) in [6, 6.07) is 21.7. The first-order valence-corrected chi connectivity index (χ1v) is 10.9. The van der Waals surface area contributed by atoms with Gasteiger partial charge in [-0.25, -0.2) is 4.68 Å². The van der Waals surface area contributed by atoms with Crippen molar-refractivity contribution in [2.45, 2.75) is 13.3 Å². The first-order chi connectivity index (χ1) is 16.5. The number of ether oxygens (including phenoxy) is 1. The van der Waals surface area contributed by atoms with Gasteiger partial charge in [-0.15, -0.1) is 10.2 Å². The van der Waals surface area contributed by atoms with Crippen LogP contribution in [0.3, 0.4) is 0 Å². The molecule has 0 radical (unpaired) electrons. The molecular weight excluding hydrogens is 432 g/mol. The molecule has 3 heterocycles. The molecule has 1 aliphatic heterocycles. The maximum absolute atomic E-state index is 12.7. The summed E-state index contributed by atoms with van der Waals surface area (Å²) in [6.07, 6.45) is 2.00. The molecule has 170 valence electrons. The molecule has 4 aromatic rings. The Morgan fingerprint density at radius 1 is 1.00 bits per heavy atom. The number of aromatic nitrogens is 4. The number of rotatable bonds is 6. The molecule has 0 aliphatic carbocycles. The van der Waals surface area contributed by atoms with Crippen molar-refractivity contribution < 1.29 is 14.3 Å². The third-order valence-electron chi connectivity index (χ3n) is 5.49. The van der Waals surface area contributed by atoms with Crippen LogP contribution in [0.4, 0.5) is 11.4 Å². The van der Waals surface area contributed by atoms with Crippen molar-refractivity contribution in [1.82, 2.24) is 20.0 Å². The average molecular weight is 454 g/mol. The van der Waals surface area contributed by atoms with Crippen LogP contribution in [0.15, 0.2) is 79.0 Å². The van der Waals surface area contributed by atoms with Gasteiger partial charge in [0.25, 0.3) is 0 Å². The van der Waals surface area contributed by atoms with Crippen molar-refractivity contribution in [3.63, 3.8) is 0 Å². The standard InChI is InChI=1S/C25H22N6O3/c1-17-13-14-31(29-17)22-11-12-23(28-27-22)34-21-9-7-19(8-10-21)26-25(33)18-15-24(32)30(16-18)20-5-3-2-4-6-20/h2-14,18H,15-16H2,1H3,(H,26,33). The fraction of sp³-hybridized carbons (Fsp3) is 0.160. The number of hydrogen-bond donors (Lipinski definition) is 1. The highest BCUT2D eigenvalue weighted by atomic mass is 16.5. The molecule has 1 saturated heterocycles. The molecule has 9 heteroatoms. The molecule has 0 bridgehead atoms. The van der Waals surface area contributed by atoms with Gasteiger partial charge in [0, 0.05) is 36.6 Å². The minimum atomic E-state index is -0.406. The Labute approximate surface area is 196 Å². The van der Waals surface area contributed by atoms with Crippen LogP contribution in [-0.4, -0.2) is 38.3 Å². The first-order valence-electron chi connectivity index (χ1n) is 10.9. The monoisotopic (exact) mass is 454 g/mol. The first kappa shape index (κ1) is 21.3. The fourth-order valence-corrected chi connectivity index (χ4v) is 3.74. The lowest BCUT2D eigenvalue weighted by molar-refractivity contribution is -0.122. The highest BCUT2D eigenvalue weighted by Crippen LogP contribution is 2.27. The largest absolute Gasteiger partial charge is 0.438 e. The molecule has 1 unspecified atom stereocenters. The highest BCUT2D eigenvalue weighted by Gasteiger charge is 2.35. The van der Waals surface area contributed by atoms with Gasteiger partial charge >= 0.3 is 0 Å². The Kier molecular flexibility index (Phi) is 5.73. The minimum absolute atomic E-state index is 0.0510. The van der Waals surface area contributed by atoms with Crippen LogP contribution in [0.5, 0.6) is 11.6 Å². The normalized spacial score (nSPS) is 15.4. The molecule has 2 amide bonds. The second-order valence-corrected chi connectivity index (χ2v) is 7.99. The number of aryl methyl sites for hydroxylation is 1. The van der Waals surface area contributed by atoms with Crippen molar-refractivity contribution >= 4 is 23.2 Å². The van der Waals surface area contributed by atoms with Gasteiger partial charge in [0.15, 0.2) is 5.82 Å². The van der Waals surface area contributed by atoms with E-state index < -0.39 is 5.92 Å². The Morgan fingerprint density at radius 3 is 2.47 bits per heavy atom. The van der Waals surface area contributed by atoms with Crippen LogP contribution in [0.25, 0.3) is 5.82 Å². The molecule has 1 aliphatic rings. The van der Waals surface area contributed by atoms with Crippen molar-refractivity contribution in [2.75, 3.05) is 16.8 Å². The van der Waals surface area contributed by atoms with Gasteiger partial charge in [0.05, 0.1) is 11.6 Å². The lowest BCUT2D eigenvalue weighted by Crippen LogP contribution is -2.28. The van der Waals surface area contributed by atoms with Crippen LogP contribution >= 0.6 is 0 Å². The van der Waals surface area contributed by atoms with Crippen LogP contribution in [0.2, 0.25) is 0 Å². The molecule has 34 heavy (non-hydrogen) atoms. The van der Waals surface area contributed by atoms with E-state index in [9.17, 15) is 9.59 Å². The van der Waals surface area contributed by atoms with Crippen molar-refractivity contribution in [3.8, 4) is 17.4 Å². The molecule has 2 aromatic heterocycles. The predicted octanol–water partition coefficient (Wildman–Crippen LogP) is 3.75. The maximum Gasteiger partial charge on any atom is 0.238 e. The number of benzene rings is 2. The van der Waals surface area contributed by atoms with Gasteiger partial charge in [0.1, 0.15) is 5.75 Å². The summed E-state index contributed by atoms with van der Waals surface area (Å²) in [5, 5.41) is 15.4. The van der Waals surface area contributed by atoms with Crippen LogP contribution < -0.4 is 15.0 Å². The smallest absolute Gasteiger partial charge is 0.238 e. The number of amides is 2. The second kappa shape index (κ2) is 9.14. The summed E-state index contributed by atoms with van der Waals surface area (Å²) in [4.78, 5) is 26.7. The van der Waals surface area contributed by atoms with Crippen molar-refractivity contribution in [1.29, 1.82) is 0 Å². The Hall–Kier alpha value is -4.53. The van der Waals surface area contributed by atoms with Crippen molar-refractivity contribution in [3.05, 3.63) is 84.7 Å². The number of nitrogens with one attached hydrogen (secondary N) is 1. The lowest BCUT2D eigenvalue weighted by atomic mass is 10.1. The Bertz CT molecular complexity index is 1300. The molecule has 5 rings (SSSR count). The van der Waals surface area contributed by atoms with E-state index in [2.05, 4.69) is 20.6 Å². The van der Waals surface area contributed by atoms with E-state index in [4.69, 9.17) is 4.74 Å². The topological polar surface area (TPSA) is 102 Å². The Morgan fingerprint density at radius 2 is 1.79 bits per heavy atom. The number of anilines is 2. The summed E-state index contributed by atoms with van der Waals surface area (Å²) in [5.41, 5.74) is 2.32. The zero-order valence-corrected chi connectivity index (χ0v) is 18.5.